The van der Waals surface area contributed by atoms with E-state index in [9.17, 15) is 4.79 Å². The van der Waals surface area contributed by atoms with E-state index in [1.165, 1.54) is 12.8 Å². The zero-order valence-electron chi connectivity index (χ0n) is 15.8. The van der Waals surface area contributed by atoms with Crippen molar-refractivity contribution in [3.05, 3.63) is 59.1 Å². The van der Waals surface area contributed by atoms with E-state index < -0.39 is 0 Å². The highest BCUT2D eigenvalue weighted by Crippen LogP contribution is 2.32. The van der Waals surface area contributed by atoms with Crippen LogP contribution >= 0.6 is 11.6 Å². The van der Waals surface area contributed by atoms with E-state index in [1.807, 2.05) is 18.2 Å². The first-order chi connectivity index (χ1) is 14.1. The molecule has 0 saturated carbocycles. The van der Waals surface area contributed by atoms with Gasteiger partial charge in [-0.2, -0.15) is 5.26 Å². The third-order valence-corrected chi connectivity index (χ3v) is 5.28. The fourth-order valence-corrected chi connectivity index (χ4v) is 3.66. The minimum Gasteiger partial charge on any atom is -0.376 e. The molecule has 7 heteroatoms. The quantitative estimate of drug-likeness (QED) is 0.657. The highest BCUT2D eigenvalue weighted by Gasteiger charge is 2.16. The predicted molar refractivity (Wildman–Crippen MR) is 116 cm³/mol. The second kappa shape index (κ2) is 8.38. The molecule has 29 heavy (non-hydrogen) atoms. The molecular formula is C22H20ClN5O. The Bertz CT molecular complexity index is 1080. The van der Waals surface area contributed by atoms with Crippen LogP contribution in [0, 0.1) is 11.3 Å². The Balaban J connectivity index is 1.49. The first-order valence-electron chi connectivity index (χ1n) is 9.52. The summed E-state index contributed by atoms with van der Waals surface area (Å²) in [4.78, 5) is 19.5. The van der Waals surface area contributed by atoms with E-state index in [0.717, 1.165) is 35.5 Å². The number of halogens is 1. The summed E-state index contributed by atoms with van der Waals surface area (Å²) in [6.45, 7) is 2.13. The van der Waals surface area contributed by atoms with Gasteiger partial charge in [0.2, 0.25) is 5.91 Å². The maximum absolute atomic E-state index is 12.5. The van der Waals surface area contributed by atoms with Crippen LogP contribution in [0.3, 0.4) is 0 Å². The van der Waals surface area contributed by atoms with Crippen LogP contribution in [0.4, 0.5) is 17.2 Å². The summed E-state index contributed by atoms with van der Waals surface area (Å²) in [6, 6.07) is 16.6. The lowest BCUT2D eigenvalue weighted by molar-refractivity contribution is -0.114. The smallest absolute Gasteiger partial charge is 0.243 e. The number of aromatic nitrogens is 1. The van der Waals surface area contributed by atoms with Crippen LogP contribution in [-0.2, 0) is 4.79 Å². The Labute approximate surface area is 174 Å². The number of nitriles is 1. The molecule has 2 aromatic carbocycles. The summed E-state index contributed by atoms with van der Waals surface area (Å²) in [5, 5.41) is 16.1. The number of hydrogen-bond acceptors (Lipinski definition) is 5. The highest BCUT2D eigenvalue weighted by atomic mass is 35.5. The number of anilines is 3. The molecule has 1 aliphatic rings. The van der Waals surface area contributed by atoms with Crippen molar-refractivity contribution in [2.75, 3.05) is 35.2 Å². The van der Waals surface area contributed by atoms with E-state index in [1.54, 1.807) is 30.3 Å². The van der Waals surface area contributed by atoms with Gasteiger partial charge in [-0.1, -0.05) is 11.6 Å². The van der Waals surface area contributed by atoms with Crippen LogP contribution in [-0.4, -0.2) is 30.5 Å². The Hall–Kier alpha value is -3.30. The zero-order valence-corrected chi connectivity index (χ0v) is 16.5. The molecule has 1 saturated heterocycles. The number of nitrogens with one attached hydrogen (secondary N) is 2. The number of fused-ring (bicyclic) bond motifs is 1. The van der Waals surface area contributed by atoms with Gasteiger partial charge in [0, 0.05) is 24.2 Å². The van der Waals surface area contributed by atoms with Gasteiger partial charge in [-0.3, -0.25) is 4.79 Å². The fraction of sp³-hybridized carbons (Fsp3) is 0.227. The maximum atomic E-state index is 12.5. The van der Waals surface area contributed by atoms with Crippen LogP contribution < -0.4 is 15.5 Å². The van der Waals surface area contributed by atoms with Gasteiger partial charge in [0.05, 0.1) is 34.4 Å². The first-order valence-corrected chi connectivity index (χ1v) is 9.90. The van der Waals surface area contributed by atoms with Crippen molar-refractivity contribution in [3.8, 4) is 6.07 Å². The van der Waals surface area contributed by atoms with E-state index in [4.69, 9.17) is 21.8 Å². The number of hydrogen-bond donors (Lipinski definition) is 2. The van der Waals surface area contributed by atoms with Crippen LogP contribution in [0.1, 0.15) is 18.4 Å². The molecule has 3 aromatic rings. The number of amides is 1. The Kier molecular flexibility index (Phi) is 5.50. The van der Waals surface area contributed by atoms with Gasteiger partial charge in [-0.15, -0.1) is 0 Å². The van der Waals surface area contributed by atoms with Crippen LogP contribution in [0.5, 0.6) is 0 Å². The summed E-state index contributed by atoms with van der Waals surface area (Å²) in [7, 11) is 0. The third kappa shape index (κ3) is 4.25. The van der Waals surface area contributed by atoms with E-state index in [0.29, 0.717) is 16.3 Å². The van der Waals surface area contributed by atoms with Gasteiger partial charge >= 0.3 is 0 Å². The van der Waals surface area contributed by atoms with Gasteiger partial charge in [0.1, 0.15) is 5.82 Å². The highest BCUT2D eigenvalue weighted by molar-refractivity contribution is 6.35. The Morgan fingerprint density at radius 3 is 2.59 bits per heavy atom. The lowest BCUT2D eigenvalue weighted by atomic mass is 10.1. The van der Waals surface area contributed by atoms with Crippen LogP contribution in [0.15, 0.2) is 48.5 Å². The average Bonchev–Trinajstić information content (AvgIpc) is 3.29. The molecule has 4 rings (SSSR count). The van der Waals surface area contributed by atoms with Crippen molar-refractivity contribution >= 4 is 45.6 Å². The second-order valence-electron chi connectivity index (χ2n) is 6.94. The molecule has 0 aliphatic carbocycles. The summed E-state index contributed by atoms with van der Waals surface area (Å²) >= 11 is 6.36. The number of carbonyl (C=O) groups is 1. The van der Waals surface area contributed by atoms with Crippen molar-refractivity contribution in [2.45, 2.75) is 12.8 Å². The summed E-state index contributed by atoms with van der Waals surface area (Å²) in [6.07, 6.45) is 2.38. The van der Waals surface area contributed by atoms with Gasteiger partial charge in [-0.25, -0.2) is 4.98 Å². The molecule has 1 aliphatic heterocycles. The van der Waals surface area contributed by atoms with Crippen molar-refractivity contribution in [3.63, 3.8) is 0 Å². The predicted octanol–water partition coefficient (Wildman–Crippen LogP) is 4.41. The Morgan fingerprint density at radius 1 is 1.10 bits per heavy atom. The van der Waals surface area contributed by atoms with Crippen molar-refractivity contribution in [1.82, 2.24) is 4.98 Å². The van der Waals surface area contributed by atoms with Crippen molar-refractivity contribution < 1.29 is 4.79 Å². The summed E-state index contributed by atoms with van der Waals surface area (Å²) < 4.78 is 0. The van der Waals surface area contributed by atoms with Crippen molar-refractivity contribution in [2.24, 2.45) is 0 Å². The van der Waals surface area contributed by atoms with Gasteiger partial charge < -0.3 is 15.5 Å². The largest absolute Gasteiger partial charge is 0.376 e. The third-order valence-electron chi connectivity index (χ3n) is 4.97. The average molecular weight is 406 g/mol. The van der Waals surface area contributed by atoms with Gasteiger partial charge in [0.15, 0.2) is 0 Å². The standard InChI is InChI=1S/C22H20ClN5O/c23-18-8-9-19-17(7-10-20(26-19)28-11-1-2-12-28)22(18)27-21(29)14-25-16-5-3-15(13-24)4-6-16/h3-10,25H,1-2,11-12,14H2,(H,27,29). The lowest BCUT2D eigenvalue weighted by Crippen LogP contribution is -2.22. The summed E-state index contributed by atoms with van der Waals surface area (Å²) in [5.41, 5.74) is 2.70. The normalized spacial score (nSPS) is 13.3. The molecule has 1 aromatic heterocycles. The zero-order chi connectivity index (χ0) is 20.2. The molecular weight excluding hydrogens is 386 g/mol. The number of nitrogens with zero attached hydrogens (tertiary/aromatic N) is 3. The minimum atomic E-state index is -0.215. The van der Waals surface area contributed by atoms with Crippen molar-refractivity contribution in [1.29, 1.82) is 5.26 Å². The van der Waals surface area contributed by atoms with E-state index >= 15 is 0 Å². The molecule has 146 valence electrons. The van der Waals surface area contributed by atoms with Crippen LogP contribution in [0.2, 0.25) is 5.02 Å². The molecule has 6 nitrogen and oxygen atoms in total. The number of benzene rings is 2. The lowest BCUT2D eigenvalue weighted by Gasteiger charge is -2.18. The molecule has 1 amide bonds. The molecule has 0 atom stereocenters. The number of pyridine rings is 1. The van der Waals surface area contributed by atoms with E-state index in [-0.39, 0.29) is 12.5 Å². The molecule has 0 radical (unpaired) electrons. The summed E-state index contributed by atoms with van der Waals surface area (Å²) in [5.74, 6) is 0.740. The molecule has 0 bridgehead atoms. The number of rotatable bonds is 5. The Morgan fingerprint density at radius 2 is 1.86 bits per heavy atom. The molecule has 0 unspecified atom stereocenters. The first kappa shape index (κ1) is 19.0. The number of carbonyl (C=O) groups excluding carboxylic acids is 1. The van der Waals surface area contributed by atoms with E-state index in [2.05, 4.69) is 21.6 Å². The second-order valence-corrected chi connectivity index (χ2v) is 7.35. The topological polar surface area (TPSA) is 81.0 Å². The van der Waals surface area contributed by atoms with Crippen LogP contribution in [0.25, 0.3) is 10.9 Å². The molecule has 1 fully saturated rings. The molecule has 2 heterocycles. The molecule has 0 spiro atoms. The molecule has 2 N–H and O–H groups in total. The van der Waals surface area contributed by atoms with Gasteiger partial charge in [0.25, 0.3) is 0 Å². The minimum absolute atomic E-state index is 0.0813. The monoisotopic (exact) mass is 405 g/mol. The maximum Gasteiger partial charge on any atom is 0.243 e. The SMILES string of the molecule is N#Cc1ccc(NCC(=O)Nc2c(Cl)ccc3nc(N4CCCC4)ccc23)cc1. The fourth-order valence-electron chi connectivity index (χ4n) is 3.44. The van der Waals surface area contributed by atoms with Gasteiger partial charge in [-0.05, 0) is 61.4 Å².